The summed E-state index contributed by atoms with van der Waals surface area (Å²) < 4.78 is 0. The van der Waals surface area contributed by atoms with Crippen molar-refractivity contribution in [1.82, 2.24) is 0 Å². The number of terminal acetylenes is 1. The van der Waals surface area contributed by atoms with E-state index in [2.05, 4.69) is 19.4 Å². The molecule has 0 bridgehead atoms. The van der Waals surface area contributed by atoms with Gasteiger partial charge in [0.15, 0.2) is 0 Å². The second-order valence-corrected chi connectivity index (χ2v) is 2.43. The van der Waals surface area contributed by atoms with Crippen molar-refractivity contribution in [3.8, 4) is 12.3 Å². The fourth-order valence-corrected chi connectivity index (χ4v) is 0.792. The van der Waals surface area contributed by atoms with Crippen LogP contribution in [0.1, 0.15) is 32.6 Å². The van der Waals surface area contributed by atoms with Gasteiger partial charge in [0, 0.05) is 0 Å². The van der Waals surface area contributed by atoms with Crippen molar-refractivity contribution in [2.24, 2.45) is 0 Å². The molecule has 0 rings (SSSR count). The zero-order chi connectivity index (χ0) is 7.82. The molecule has 1 radical (unpaired) electrons. The van der Waals surface area contributed by atoms with E-state index < -0.39 is 0 Å². The van der Waals surface area contributed by atoms with Crippen LogP contribution in [0.5, 0.6) is 0 Å². The molecule has 0 fully saturated rings. The highest BCUT2D eigenvalue weighted by Gasteiger charge is 1.90. The first kappa shape index (κ1) is 9.30. The molecule has 10 heavy (non-hydrogen) atoms. The Kier molecular flexibility index (Phi) is 5.97. The molecule has 0 spiro atoms. The molecule has 0 saturated carbocycles. The Morgan fingerprint density at radius 3 is 2.80 bits per heavy atom. The summed E-state index contributed by atoms with van der Waals surface area (Å²) in [6.45, 7) is 6.01. The molecule has 0 aliphatic carbocycles. The van der Waals surface area contributed by atoms with Gasteiger partial charge in [-0.2, -0.15) is 0 Å². The molecule has 0 N–H and O–H groups in total. The first-order valence-corrected chi connectivity index (χ1v) is 3.78. The molecule has 55 valence electrons. The van der Waals surface area contributed by atoms with Gasteiger partial charge in [0.1, 0.15) is 0 Å². The fourth-order valence-electron chi connectivity index (χ4n) is 0.792. The van der Waals surface area contributed by atoms with Crippen LogP contribution in [0.4, 0.5) is 0 Å². The first-order chi connectivity index (χ1) is 4.81. The van der Waals surface area contributed by atoms with Crippen molar-refractivity contribution in [3.63, 3.8) is 0 Å². The van der Waals surface area contributed by atoms with E-state index in [0.29, 0.717) is 0 Å². The van der Waals surface area contributed by atoms with Gasteiger partial charge in [-0.25, -0.2) is 0 Å². The molecule has 0 aliphatic heterocycles. The SMILES string of the molecule is C#C[CH]C(=C)CCCCC. The van der Waals surface area contributed by atoms with E-state index in [1.807, 2.05) is 0 Å². The summed E-state index contributed by atoms with van der Waals surface area (Å²) in [6.07, 6.45) is 11.6. The minimum Gasteiger partial charge on any atom is -0.119 e. The Bertz CT molecular complexity index is 125. The summed E-state index contributed by atoms with van der Waals surface area (Å²) in [5.74, 6) is 2.47. The van der Waals surface area contributed by atoms with E-state index in [-0.39, 0.29) is 0 Å². The molecule has 0 aromatic heterocycles. The molecular formula is C10H15. The topological polar surface area (TPSA) is 0 Å². The zero-order valence-electron chi connectivity index (χ0n) is 6.69. The average molecular weight is 135 g/mol. The maximum absolute atomic E-state index is 5.07. The highest BCUT2D eigenvalue weighted by atomic mass is 14.0. The third-order valence-corrected chi connectivity index (χ3v) is 1.39. The molecule has 0 heterocycles. The largest absolute Gasteiger partial charge is 0.119 e. The lowest BCUT2D eigenvalue weighted by Gasteiger charge is -1.98. The molecule has 0 aromatic rings. The lowest BCUT2D eigenvalue weighted by Crippen LogP contribution is -1.81. The number of hydrogen-bond donors (Lipinski definition) is 0. The van der Waals surface area contributed by atoms with E-state index in [9.17, 15) is 0 Å². The van der Waals surface area contributed by atoms with Crippen LogP contribution in [0.15, 0.2) is 12.2 Å². The Labute approximate surface area is 64.3 Å². The predicted molar refractivity (Wildman–Crippen MR) is 46.4 cm³/mol. The fraction of sp³-hybridized carbons (Fsp3) is 0.500. The van der Waals surface area contributed by atoms with Gasteiger partial charge >= 0.3 is 0 Å². The van der Waals surface area contributed by atoms with Crippen molar-refractivity contribution in [2.75, 3.05) is 0 Å². The van der Waals surface area contributed by atoms with E-state index in [0.717, 1.165) is 12.0 Å². The summed E-state index contributed by atoms with van der Waals surface area (Å²) in [7, 11) is 0. The van der Waals surface area contributed by atoms with Crippen LogP contribution < -0.4 is 0 Å². The number of unbranched alkanes of at least 4 members (excludes halogenated alkanes) is 2. The second-order valence-electron chi connectivity index (χ2n) is 2.43. The number of rotatable bonds is 5. The Hall–Kier alpha value is -0.700. The molecule has 0 atom stereocenters. The minimum atomic E-state index is 1.05. The van der Waals surface area contributed by atoms with Gasteiger partial charge in [0.2, 0.25) is 0 Å². The molecule has 0 amide bonds. The second kappa shape index (κ2) is 6.42. The van der Waals surface area contributed by atoms with Crippen LogP contribution in [-0.4, -0.2) is 0 Å². The van der Waals surface area contributed by atoms with E-state index in [1.54, 1.807) is 6.42 Å². The molecule has 0 aliphatic rings. The molecular weight excluding hydrogens is 120 g/mol. The lowest BCUT2D eigenvalue weighted by molar-refractivity contribution is 0.718. The van der Waals surface area contributed by atoms with Gasteiger partial charge in [-0.15, -0.1) is 6.42 Å². The summed E-state index contributed by atoms with van der Waals surface area (Å²) in [6, 6.07) is 0. The smallest absolute Gasteiger partial charge is 0.0582 e. The Morgan fingerprint density at radius 1 is 1.60 bits per heavy atom. The Balaban J connectivity index is 3.15. The van der Waals surface area contributed by atoms with Gasteiger partial charge in [-0.3, -0.25) is 0 Å². The standard InChI is InChI=1S/C10H15/c1-4-6-7-9-10(3)8-5-2/h2,8H,3-4,6-7,9H2,1H3. The molecule has 0 nitrogen and oxygen atoms in total. The van der Waals surface area contributed by atoms with E-state index in [4.69, 9.17) is 6.42 Å². The molecule has 0 aromatic carbocycles. The summed E-state index contributed by atoms with van der Waals surface area (Å²) >= 11 is 0. The molecule has 0 heteroatoms. The van der Waals surface area contributed by atoms with Crippen LogP contribution in [0.25, 0.3) is 0 Å². The maximum Gasteiger partial charge on any atom is 0.0582 e. The highest BCUT2D eigenvalue weighted by Crippen LogP contribution is 2.08. The van der Waals surface area contributed by atoms with Crippen LogP contribution in [0, 0.1) is 18.8 Å². The van der Waals surface area contributed by atoms with Crippen LogP contribution >= 0.6 is 0 Å². The number of hydrogen-bond acceptors (Lipinski definition) is 0. The molecule has 0 saturated heterocycles. The summed E-state index contributed by atoms with van der Waals surface area (Å²) in [4.78, 5) is 0. The lowest BCUT2D eigenvalue weighted by atomic mass is 10.1. The Morgan fingerprint density at radius 2 is 2.30 bits per heavy atom. The van der Waals surface area contributed by atoms with Gasteiger partial charge < -0.3 is 0 Å². The summed E-state index contributed by atoms with van der Waals surface area (Å²) in [5.41, 5.74) is 1.08. The minimum absolute atomic E-state index is 1.05. The third-order valence-electron chi connectivity index (χ3n) is 1.39. The highest BCUT2D eigenvalue weighted by molar-refractivity contribution is 5.22. The van der Waals surface area contributed by atoms with Crippen molar-refractivity contribution >= 4 is 0 Å². The van der Waals surface area contributed by atoms with Gasteiger partial charge in [-0.05, 0) is 12.8 Å². The predicted octanol–water partition coefficient (Wildman–Crippen LogP) is 2.96. The molecule has 0 unspecified atom stereocenters. The summed E-state index contributed by atoms with van der Waals surface area (Å²) in [5, 5.41) is 0. The maximum atomic E-state index is 5.07. The normalized spacial score (nSPS) is 8.80. The van der Waals surface area contributed by atoms with Gasteiger partial charge in [0.05, 0.1) is 6.42 Å². The van der Waals surface area contributed by atoms with Crippen molar-refractivity contribution in [2.45, 2.75) is 32.6 Å². The van der Waals surface area contributed by atoms with Gasteiger partial charge in [-0.1, -0.05) is 37.8 Å². The van der Waals surface area contributed by atoms with Crippen molar-refractivity contribution < 1.29 is 0 Å². The van der Waals surface area contributed by atoms with Crippen LogP contribution in [-0.2, 0) is 0 Å². The third kappa shape index (κ3) is 5.44. The first-order valence-electron chi connectivity index (χ1n) is 3.78. The van der Waals surface area contributed by atoms with Gasteiger partial charge in [0.25, 0.3) is 0 Å². The average Bonchev–Trinajstić information content (AvgIpc) is 1.89. The number of allylic oxidation sites excluding steroid dienone is 1. The van der Waals surface area contributed by atoms with E-state index in [1.165, 1.54) is 19.3 Å². The van der Waals surface area contributed by atoms with Crippen molar-refractivity contribution in [3.05, 3.63) is 18.6 Å². The van der Waals surface area contributed by atoms with Crippen LogP contribution in [0.2, 0.25) is 0 Å². The van der Waals surface area contributed by atoms with E-state index >= 15 is 0 Å². The quantitative estimate of drug-likeness (QED) is 0.401. The van der Waals surface area contributed by atoms with Crippen LogP contribution in [0.3, 0.4) is 0 Å². The van der Waals surface area contributed by atoms with Crippen molar-refractivity contribution in [1.29, 1.82) is 0 Å². The monoisotopic (exact) mass is 135 g/mol. The zero-order valence-corrected chi connectivity index (χ0v) is 6.69.